The van der Waals surface area contributed by atoms with Crippen LogP contribution in [0.2, 0.25) is 0 Å². The Kier molecular flexibility index (Phi) is 4.68. The number of nitrogens with two attached hydrogens (primary N) is 2. The summed E-state index contributed by atoms with van der Waals surface area (Å²) < 4.78 is 7.68. The number of benzene rings is 2. The molecule has 140 valence electrons. The van der Waals surface area contributed by atoms with Gasteiger partial charge in [-0.1, -0.05) is 18.2 Å². The van der Waals surface area contributed by atoms with Gasteiger partial charge in [0.15, 0.2) is 0 Å². The zero-order valence-electron chi connectivity index (χ0n) is 15.1. The van der Waals surface area contributed by atoms with Gasteiger partial charge in [-0.2, -0.15) is 9.89 Å². The highest BCUT2D eigenvalue weighted by atomic mass is 16.6. The van der Waals surface area contributed by atoms with Gasteiger partial charge in [0.05, 0.1) is 4.92 Å². The van der Waals surface area contributed by atoms with Gasteiger partial charge in [-0.25, -0.2) is 4.99 Å². The number of nitro groups is 1. The molecule has 9 heteroatoms. The van der Waals surface area contributed by atoms with Crippen molar-refractivity contribution in [3.05, 3.63) is 64.2 Å². The van der Waals surface area contributed by atoms with Crippen LogP contribution in [0, 0.1) is 10.1 Å². The number of rotatable bonds is 5. The van der Waals surface area contributed by atoms with E-state index in [4.69, 9.17) is 16.2 Å². The number of hydrogen-bond acceptors (Lipinski definition) is 6. The van der Waals surface area contributed by atoms with Crippen molar-refractivity contribution >= 4 is 23.3 Å². The molecule has 0 unspecified atom stereocenters. The number of ether oxygens (including phenoxy) is 1. The van der Waals surface area contributed by atoms with E-state index in [1.165, 1.54) is 12.1 Å². The molecule has 0 amide bonds. The van der Waals surface area contributed by atoms with Gasteiger partial charge in [0.25, 0.3) is 5.69 Å². The van der Waals surface area contributed by atoms with Crippen LogP contribution in [-0.4, -0.2) is 27.1 Å². The largest absolute Gasteiger partial charge is 0.489 e. The fourth-order valence-electron chi connectivity index (χ4n) is 3.01. The van der Waals surface area contributed by atoms with Crippen LogP contribution in [0.1, 0.15) is 19.4 Å². The summed E-state index contributed by atoms with van der Waals surface area (Å²) in [6.07, 6.45) is 0. The minimum Gasteiger partial charge on any atom is -0.489 e. The highest BCUT2D eigenvalue weighted by molar-refractivity contribution is 5.93. The summed E-state index contributed by atoms with van der Waals surface area (Å²) in [5, 5.41) is 13.8. The zero-order chi connectivity index (χ0) is 19.6. The van der Waals surface area contributed by atoms with E-state index in [0.29, 0.717) is 23.2 Å². The van der Waals surface area contributed by atoms with Crippen LogP contribution < -0.4 is 26.5 Å². The number of hydrogen-bond donors (Lipinski definition) is 4. The molecule has 0 aromatic heterocycles. The van der Waals surface area contributed by atoms with Gasteiger partial charge in [-0.05, 0) is 17.7 Å². The lowest BCUT2D eigenvalue weighted by atomic mass is 10.2. The monoisotopic (exact) mass is 370 g/mol. The van der Waals surface area contributed by atoms with E-state index in [1.54, 1.807) is 12.1 Å². The molecule has 0 radical (unpaired) electrons. The van der Waals surface area contributed by atoms with E-state index >= 15 is 0 Å². The third-order valence-electron chi connectivity index (χ3n) is 4.11. The van der Waals surface area contributed by atoms with Crippen molar-refractivity contribution in [3.63, 3.8) is 0 Å². The van der Waals surface area contributed by atoms with Crippen LogP contribution in [0.4, 0.5) is 11.4 Å². The van der Waals surface area contributed by atoms with Gasteiger partial charge in [0.1, 0.15) is 18.0 Å². The molecular weight excluding hydrogens is 348 g/mol. The number of guanidine groups is 2. The Morgan fingerprint density at radius 3 is 2.67 bits per heavy atom. The summed E-state index contributed by atoms with van der Waals surface area (Å²) in [6, 6.07) is 13.8. The Morgan fingerprint density at radius 1 is 1.22 bits per heavy atom. The first-order chi connectivity index (χ1) is 12.8. The molecule has 1 heterocycles. The van der Waals surface area contributed by atoms with Crippen LogP contribution in [-0.2, 0) is 6.61 Å². The molecule has 0 fully saturated rings. The third-order valence-corrected chi connectivity index (χ3v) is 4.11. The lowest BCUT2D eigenvalue weighted by molar-refractivity contribution is -0.775. The van der Waals surface area contributed by atoms with Crippen molar-refractivity contribution < 1.29 is 19.2 Å². The fraction of sp³-hybridized carbons (Fsp3) is 0.222. The summed E-state index contributed by atoms with van der Waals surface area (Å²) in [7, 11) is 0. The minimum atomic E-state index is -0.544. The predicted octanol–water partition coefficient (Wildman–Crippen LogP) is -0.133. The van der Waals surface area contributed by atoms with Gasteiger partial charge in [-0.15, -0.1) is 0 Å². The van der Waals surface area contributed by atoms with E-state index < -0.39 is 10.6 Å². The fourth-order valence-corrected chi connectivity index (χ4v) is 3.01. The molecule has 2 aromatic carbocycles. The van der Waals surface area contributed by atoms with Crippen LogP contribution in [0.15, 0.2) is 48.5 Å². The first-order valence-electron chi connectivity index (χ1n) is 8.33. The van der Waals surface area contributed by atoms with Crippen LogP contribution in [0.3, 0.4) is 0 Å². The molecule has 2 aromatic rings. The van der Waals surface area contributed by atoms with Gasteiger partial charge >= 0.3 is 11.9 Å². The minimum absolute atomic E-state index is 0.0354. The van der Waals surface area contributed by atoms with Crippen molar-refractivity contribution in [2.24, 2.45) is 11.5 Å². The molecule has 3 rings (SSSR count). The zero-order valence-corrected chi connectivity index (χ0v) is 15.1. The summed E-state index contributed by atoms with van der Waals surface area (Å²) in [5.41, 5.74) is 12.9. The molecule has 1 aliphatic heterocycles. The second-order valence-electron chi connectivity index (χ2n) is 6.66. The van der Waals surface area contributed by atoms with Gasteiger partial charge in [0, 0.05) is 32.0 Å². The second kappa shape index (κ2) is 6.94. The highest BCUT2D eigenvalue weighted by Gasteiger charge is 2.35. The Hall–Kier alpha value is -3.62. The summed E-state index contributed by atoms with van der Waals surface area (Å²) >= 11 is 0. The quantitative estimate of drug-likeness (QED) is 0.329. The van der Waals surface area contributed by atoms with Crippen molar-refractivity contribution in [3.8, 4) is 5.75 Å². The van der Waals surface area contributed by atoms with Crippen LogP contribution >= 0.6 is 0 Å². The van der Waals surface area contributed by atoms with Crippen molar-refractivity contribution in [2.75, 3.05) is 0 Å². The molecule has 1 aliphatic rings. The van der Waals surface area contributed by atoms with Crippen molar-refractivity contribution in [1.82, 2.24) is 5.32 Å². The molecule has 0 bridgehead atoms. The Morgan fingerprint density at radius 2 is 1.96 bits per heavy atom. The topological polar surface area (TPSA) is 133 Å². The molecule has 0 atom stereocenters. The van der Waals surface area contributed by atoms with Crippen molar-refractivity contribution in [2.45, 2.75) is 26.1 Å². The third kappa shape index (κ3) is 3.97. The van der Waals surface area contributed by atoms with Crippen LogP contribution in [0.25, 0.3) is 0 Å². The summed E-state index contributed by atoms with van der Waals surface area (Å²) in [4.78, 5) is 13.6. The van der Waals surface area contributed by atoms with E-state index in [1.807, 2.05) is 42.7 Å². The second-order valence-corrected chi connectivity index (χ2v) is 6.66. The normalized spacial score (nSPS) is 15.7. The average molecular weight is 370 g/mol. The summed E-state index contributed by atoms with van der Waals surface area (Å²) in [6.45, 7) is 4.11. The molecule has 0 saturated carbocycles. The maximum absolute atomic E-state index is 10.9. The smallest absolute Gasteiger partial charge is 0.361 e. The molecule has 27 heavy (non-hydrogen) atoms. The Labute approximate surface area is 156 Å². The van der Waals surface area contributed by atoms with E-state index in [2.05, 4.69) is 10.3 Å². The predicted molar refractivity (Wildman–Crippen MR) is 100 cm³/mol. The van der Waals surface area contributed by atoms with E-state index in [0.717, 1.165) is 5.69 Å². The number of nitrogens with zero attached hydrogens (tertiary/aromatic N) is 2. The number of nitrogens with one attached hydrogen (secondary N) is 2. The molecule has 0 aliphatic carbocycles. The molecular formula is C18H22N6O3+2. The molecule has 9 nitrogen and oxygen atoms in total. The number of non-ortho nitro benzene ring substituents is 1. The first kappa shape index (κ1) is 18.2. The highest BCUT2D eigenvalue weighted by Crippen LogP contribution is 2.24. The van der Waals surface area contributed by atoms with Gasteiger partial charge in [-0.3, -0.25) is 21.6 Å². The molecule has 6 N–H and O–H groups in total. The molecule has 0 spiro atoms. The lowest BCUT2D eigenvalue weighted by Crippen LogP contribution is -2.95. The van der Waals surface area contributed by atoms with Crippen LogP contribution in [0.5, 0.6) is 5.75 Å². The standard InChI is InChI=1S/C18H20N6O3/c1-18(2)22-16(19)21-17(20)23(18)13-6-4-8-15(10-13)27-11-12-5-3-7-14(9-12)24(25)26/h3-10H,11H2,1-2H3,(H4,19,20,21,22)/p+2. The van der Waals surface area contributed by atoms with Gasteiger partial charge in [0.2, 0.25) is 5.66 Å². The first-order valence-corrected chi connectivity index (χ1v) is 8.33. The average Bonchev–Trinajstić information content (AvgIpc) is 2.59. The SMILES string of the molecule is CC1(C)[NH+]=C(N)NC(N)=[N+]1c1cccc(OCc2cccc([N+](=O)[O-])c2)c1. The number of nitro benzene ring substituents is 1. The Bertz CT molecular complexity index is 952. The molecule has 0 saturated heterocycles. The summed E-state index contributed by atoms with van der Waals surface area (Å²) in [5.74, 6) is 1.39. The van der Waals surface area contributed by atoms with Crippen molar-refractivity contribution in [1.29, 1.82) is 0 Å². The maximum Gasteiger partial charge on any atom is 0.361 e. The van der Waals surface area contributed by atoms with E-state index in [-0.39, 0.29) is 12.3 Å². The Balaban J connectivity index is 1.82. The van der Waals surface area contributed by atoms with Gasteiger partial charge < -0.3 is 4.74 Å². The van der Waals surface area contributed by atoms with E-state index in [9.17, 15) is 10.1 Å². The maximum atomic E-state index is 10.9. The lowest BCUT2D eigenvalue weighted by Gasteiger charge is -2.27.